The SMILES string of the molecule is O=CC1(CCCCCC2(C=O)CCCC3CC[C@H]4[C@@H]5CCC[C@H]5CC[C@H]4[C@H]32)CCCC2CC[C@H]3[C@@H]4CCC[C@H]4CC[C@H]3[C@H]21. The zero-order valence-electron chi connectivity index (χ0n) is 27.6. The van der Waals surface area contributed by atoms with Gasteiger partial charge in [0.25, 0.3) is 0 Å². The van der Waals surface area contributed by atoms with Crippen LogP contribution in [0.3, 0.4) is 0 Å². The summed E-state index contributed by atoms with van der Waals surface area (Å²) < 4.78 is 0. The lowest BCUT2D eigenvalue weighted by atomic mass is 9.46. The van der Waals surface area contributed by atoms with Gasteiger partial charge in [0.1, 0.15) is 12.6 Å². The first-order valence-corrected chi connectivity index (χ1v) is 20.1. The molecule has 8 rings (SSSR count). The Bertz CT molecular complexity index is 926. The Labute approximate surface area is 264 Å². The maximum atomic E-state index is 13.2. The fraction of sp³-hybridized carbons (Fsp3) is 0.951. The predicted molar refractivity (Wildman–Crippen MR) is 174 cm³/mol. The van der Waals surface area contributed by atoms with Crippen LogP contribution in [0.2, 0.25) is 0 Å². The molecule has 0 radical (unpaired) electrons. The van der Waals surface area contributed by atoms with E-state index in [0.717, 1.165) is 72.0 Å². The molecule has 14 atom stereocenters. The summed E-state index contributed by atoms with van der Waals surface area (Å²) in [6, 6.07) is 0. The minimum atomic E-state index is -0.0352. The van der Waals surface area contributed by atoms with Crippen LogP contribution in [-0.2, 0) is 9.59 Å². The average molecular weight is 589 g/mol. The van der Waals surface area contributed by atoms with E-state index >= 15 is 0 Å². The van der Waals surface area contributed by atoms with Gasteiger partial charge in [-0.1, -0.05) is 70.6 Å². The van der Waals surface area contributed by atoms with Crippen molar-refractivity contribution in [3.8, 4) is 0 Å². The molecule has 8 aliphatic rings. The molecule has 0 aromatic rings. The van der Waals surface area contributed by atoms with Gasteiger partial charge in [0, 0.05) is 10.8 Å². The van der Waals surface area contributed by atoms with Crippen LogP contribution in [0.25, 0.3) is 0 Å². The highest BCUT2D eigenvalue weighted by molar-refractivity contribution is 5.61. The Morgan fingerprint density at radius 3 is 1.28 bits per heavy atom. The van der Waals surface area contributed by atoms with Crippen LogP contribution in [0.15, 0.2) is 0 Å². The summed E-state index contributed by atoms with van der Waals surface area (Å²) in [5, 5.41) is 0. The van der Waals surface area contributed by atoms with Gasteiger partial charge in [0.05, 0.1) is 0 Å². The van der Waals surface area contributed by atoms with Crippen molar-refractivity contribution in [2.75, 3.05) is 0 Å². The fourth-order valence-corrected chi connectivity index (χ4v) is 15.7. The summed E-state index contributed by atoms with van der Waals surface area (Å²) in [5.74, 6) is 10.6. The molecule has 240 valence electrons. The van der Waals surface area contributed by atoms with Gasteiger partial charge in [-0.2, -0.15) is 0 Å². The van der Waals surface area contributed by atoms with Crippen LogP contribution in [0.5, 0.6) is 0 Å². The lowest BCUT2D eigenvalue weighted by molar-refractivity contribution is -0.137. The zero-order valence-corrected chi connectivity index (χ0v) is 27.6. The van der Waals surface area contributed by atoms with E-state index in [9.17, 15) is 9.59 Å². The topological polar surface area (TPSA) is 34.1 Å². The van der Waals surface area contributed by atoms with E-state index in [2.05, 4.69) is 0 Å². The Balaban J connectivity index is 0.926. The molecule has 0 heterocycles. The van der Waals surface area contributed by atoms with Gasteiger partial charge in [-0.25, -0.2) is 0 Å². The van der Waals surface area contributed by atoms with Gasteiger partial charge in [0.2, 0.25) is 0 Å². The lowest BCUT2D eigenvalue weighted by Gasteiger charge is -2.57. The van der Waals surface area contributed by atoms with Crippen LogP contribution in [0.4, 0.5) is 0 Å². The minimum Gasteiger partial charge on any atom is -0.303 e. The van der Waals surface area contributed by atoms with Gasteiger partial charge in [-0.3, -0.25) is 0 Å². The fourth-order valence-electron chi connectivity index (χ4n) is 15.7. The molecule has 43 heavy (non-hydrogen) atoms. The summed E-state index contributed by atoms with van der Waals surface area (Å²) >= 11 is 0. The van der Waals surface area contributed by atoms with E-state index in [1.54, 1.807) is 0 Å². The molecular weight excluding hydrogens is 524 g/mol. The first kappa shape index (κ1) is 29.7. The van der Waals surface area contributed by atoms with Crippen molar-refractivity contribution in [2.24, 2.45) is 81.8 Å². The second-order valence-electron chi connectivity index (χ2n) is 18.3. The van der Waals surface area contributed by atoms with E-state index < -0.39 is 0 Å². The summed E-state index contributed by atoms with van der Waals surface area (Å²) in [5.41, 5.74) is -0.0705. The van der Waals surface area contributed by atoms with E-state index in [1.807, 2.05) is 0 Å². The normalized spacial score (nSPS) is 52.1. The molecule has 8 fully saturated rings. The average Bonchev–Trinajstić information content (AvgIpc) is 3.74. The molecule has 2 heteroatoms. The molecule has 0 amide bonds. The smallest absolute Gasteiger partial charge is 0.126 e. The van der Waals surface area contributed by atoms with Crippen molar-refractivity contribution in [3.63, 3.8) is 0 Å². The number of aldehydes is 2. The molecule has 0 spiro atoms. The van der Waals surface area contributed by atoms with Crippen molar-refractivity contribution in [3.05, 3.63) is 0 Å². The monoisotopic (exact) mass is 588 g/mol. The van der Waals surface area contributed by atoms with Gasteiger partial charge < -0.3 is 9.59 Å². The number of unbranched alkanes of at least 4 members (excludes halogenated alkanes) is 2. The second-order valence-corrected chi connectivity index (χ2v) is 18.3. The molecule has 4 unspecified atom stereocenters. The molecule has 0 aromatic heterocycles. The van der Waals surface area contributed by atoms with Gasteiger partial charge >= 0.3 is 0 Å². The number of hydrogen-bond donors (Lipinski definition) is 0. The molecule has 8 aliphatic carbocycles. The minimum absolute atomic E-state index is 0.0352. The Morgan fingerprint density at radius 1 is 0.395 bits per heavy atom. The standard InChI is InChI=1S/C41H64O2/c42-26-40(24-6-10-30-16-18-34-32-12-4-8-28(32)14-20-36(34)38(30)40)22-2-1-3-23-41(27-43)25-7-11-31-17-19-35-33-13-5-9-29(33)15-21-37(35)39(31)41/h26-39H,1-25H2/t28-,29-,30?,31?,32+,33+,34-,35-,36+,37+,38-,39-,40?,41?/m0/s1. The third-order valence-corrected chi connectivity index (χ3v) is 17.1. The molecule has 0 bridgehead atoms. The highest BCUT2D eigenvalue weighted by Gasteiger charge is 2.57. The van der Waals surface area contributed by atoms with E-state index in [0.29, 0.717) is 11.8 Å². The Kier molecular flexibility index (Phi) is 8.41. The number of rotatable bonds is 8. The van der Waals surface area contributed by atoms with Crippen LogP contribution in [0, 0.1) is 81.8 Å². The number of carbonyl (C=O) groups excluding carboxylic acids is 2. The van der Waals surface area contributed by atoms with Crippen LogP contribution in [-0.4, -0.2) is 12.6 Å². The molecule has 0 N–H and O–H groups in total. The zero-order chi connectivity index (χ0) is 29.0. The maximum Gasteiger partial charge on any atom is 0.126 e. The van der Waals surface area contributed by atoms with Crippen LogP contribution < -0.4 is 0 Å². The number of carbonyl (C=O) groups is 2. The van der Waals surface area contributed by atoms with Crippen molar-refractivity contribution in [1.29, 1.82) is 0 Å². The summed E-state index contributed by atoms with van der Waals surface area (Å²) in [7, 11) is 0. The quantitative estimate of drug-likeness (QED) is 0.209. The highest BCUT2D eigenvalue weighted by Crippen LogP contribution is 2.64. The molecule has 8 saturated carbocycles. The van der Waals surface area contributed by atoms with E-state index in [-0.39, 0.29) is 10.8 Å². The molecule has 0 saturated heterocycles. The molecular formula is C41H64O2. The van der Waals surface area contributed by atoms with Crippen molar-refractivity contribution < 1.29 is 9.59 Å². The third kappa shape index (κ3) is 4.98. The highest BCUT2D eigenvalue weighted by atomic mass is 16.1. The number of hydrogen-bond acceptors (Lipinski definition) is 2. The molecule has 0 aliphatic heterocycles. The largest absolute Gasteiger partial charge is 0.303 e. The summed E-state index contributed by atoms with van der Waals surface area (Å²) in [4.78, 5) is 26.3. The third-order valence-electron chi connectivity index (χ3n) is 17.1. The number of fused-ring (bicyclic) bond motifs is 10. The van der Waals surface area contributed by atoms with Crippen molar-refractivity contribution >= 4 is 12.6 Å². The Hall–Kier alpha value is -0.660. The van der Waals surface area contributed by atoms with Crippen LogP contribution >= 0.6 is 0 Å². The Morgan fingerprint density at radius 2 is 0.814 bits per heavy atom. The van der Waals surface area contributed by atoms with Crippen LogP contribution in [0.1, 0.15) is 161 Å². The maximum absolute atomic E-state index is 13.2. The van der Waals surface area contributed by atoms with E-state index in [1.165, 1.54) is 160 Å². The lowest BCUT2D eigenvalue weighted by Crippen LogP contribution is -2.52. The van der Waals surface area contributed by atoms with Crippen molar-refractivity contribution in [2.45, 2.75) is 161 Å². The first-order valence-electron chi connectivity index (χ1n) is 20.1. The van der Waals surface area contributed by atoms with Gasteiger partial charge in [-0.05, 0) is 161 Å². The van der Waals surface area contributed by atoms with E-state index in [4.69, 9.17) is 0 Å². The summed E-state index contributed by atoms with van der Waals surface area (Å²) in [6.45, 7) is 0. The summed E-state index contributed by atoms with van der Waals surface area (Å²) in [6.07, 6.45) is 37.1. The second kappa shape index (κ2) is 12.2. The first-order chi connectivity index (χ1) is 21.2. The molecule has 2 nitrogen and oxygen atoms in total. The van der Waals surface area contributed by atoms with Gasteiger partial charge in [0.15, 0.2) is 0 Å². The van der Waals surface area contributed by atoms with Gasteiger partial charge in [-0.15, -0.1) is 0 Å². The van der Waals surface area contributed by atoms with Crippen molar-refractivity contribution in [1.82, 2.24) is 0 Å². The molecule has 0 aromatic carbocycles. The predicted octanol–water partition coefficient (Wildman–Crippen LogP) is 10.6.